The molecule has 0 spiro atoms. The number of nitrogens with one attached hydrogen (secondary N) is 1. The van der Waals surface area contributed by atoms with Crippen LogP contribution in [0, 0.1) is 0 Å². The summed E-state index contributed by atoms with van der Waals surface area (Å²) in [7, 11) is -3.53. The molecule has 0 atom stereocenters. The summed E-state index contributed by atoms with van der Waals surface area (Å²) >= 11 is 1.19. The van der Waals surface area contributed by atoms with Crippen molar-refractivity contribution in [1.29, 1.82) is 0 Å². The number of rotatable bonds is 4. The Balaban J connectivity index is 1.50. The van der Waals surface area contributed by atoms with Crippen LogP contribution in [-0.4, -0.2) is 19.9 Å². The molecule has 1 aliphatic heterocycles. The fraction of sp³-hybridized carbons (Fsp3) is 0.167. The predicted octanol–water partition coefficient (Wildman–Crippen LogP) is 3.51. The minimum Gasteiger partial charge on any atom is -0.352 e. The summed E-state index contributed by atoms with van der Waals surface area (Å²) in [6.45, 7) is 1.73. The van der Waals surface area contributed by atoms with Gasteiger partial charge in [0.15, 0.2) is 0 Å². The van der Waals surface area contributed by atoms with Crippen LogP contribution in [0.15, 0.2) is 64.3 Å². The summed E-state index contributed by atoms with van der Waals surface area (Å²) in [6, 6.07) is 15.4. The van der Waals surface area contributed by atoms with E-state index in [1.165, 1.54) is 22.5 Å². The summed E-state index contributed by atoms with van der Waals surface area (Å²) in [5, 5.41) is 1.74. The fourth-order valence-electron chi connectivity index (χ4n) is 2.95. The van der Waals surface area contributed by atoms with Crippen molar-refractivity contribution in [3.8, 4) is 0 Å². The number of fused-ring (bicyclic) bond motifs is 1. The standard InChI is InChI=1S/C18H17N3O2S2/c22-25(23,18-6-3-11-24-18)20-16-7-8-17(19-12-16)21-10-9-14-4-1-2-5-15(14)13-21/h1-8,11-12,20H,9-10,13H2. The second-order valence-electron chi connectivity index (χ2n) is 5.88. The molecule has 0 saturated heterocycles. The topological polar surface area (TPSA) is 62.3 Å². The van der Waals surface area contributed by atoms with Gasteiger partial charge in [0.1, 0.15) is 10.0 Å². The van der Waals surface area contributed by atoms with Crippen LogP contribution in [0.5, 0.6) is 0 Å². The van der Waals surface area contributed by atoms with Crippen LogP contribution in [0.25, 0.3) is 0 Å². The van der Waals surface area contributed by atoms with Crippen LogP contribution in [0.3, 0.4) is 0 Å². The normalized spacial score (nSPS) is 14.2. The Morgan fingerprint density at radius 3 is 2.60 bits per heavy atom. The highest BCUT2D eigenvalue weighted by Gasteiger charge is 2.18. The van der Waals surface area contributed by atoms with Gasteiger partial charge >= 0.3 is 0 Å². The Hall–Kier alpha value is -2.38. The molecular weight excluding hydrogens is 354 g/mol. The molecule has 7 heteroatoms. The number of anilines is 2. The summed E-state index contributed by atoms with van der Waals surface area (Å²) in [5.74, 6) is 0.855. The second kappa shape index (κ2) is 6.50. The zero-order valence-electron chi connectivity index (χ0n) is 13.4. The lowest BCUT2D eigenvalue weighted by molar-refractivity contribution is 0.603. The number of nitrogens with zero attached hydrogens (tertiary/aromatic N) is 2. The zero-order valence-corrected chi connectivity index (χ0v) is 15.1. The van der Waals surface area contributed by atoms with Crippen molar-refractivity contribution in [2.45, 2.75) is 17.2 Å². The highest BCUT2D eigenvalue weighted by Crippen LogP contribution is 2.25. The van der Waals surface area contributed by atoms with Crippen LogP contribution >= 0.6 is 11.3 Å². The summed E-state index contributed by atoms with van der Waals surface area (Å²) < 4.78 is 27.4. The number of sulfonamides is 1. The Kier molecular flexibility index (Phi) is 4.19. The smallest absolute Gasteiger partial charge is 0.271 e. The number of hydrogen-bond donors (Lipinski definition) is 1. The van der Waals surface area contributed by atoms with Gasteiger partial charge in [-0.2, -0.15) is 0 Å². The molecule has 0 saturated carbocycles. The van der Waals surface area contributed by atoms with Crippen LogP contribution in [0.2, 0.25) is 0 Å². The van der Waals surface area contributed by atoms with Crippen LogP contribution in [0.4, 0.5) is 11.5 Å². The van der Waals surface area contributed by atoms with Crippen molar-refractivity contribution in [2.24, 2.45) is 0 Å². The van der Waals surface area contributed by atoms with Crippen molar-refractivity contribution in [2.75, 3.05) is 16.2 Å². The van der Waals surface area contributed by atoms with Crippen molar-refractivity contribution in [3.05, 3.63) is 71.2 Å². The average molecular weight is 371 g/mol. The molecule has 0 aliphatic carbocycles. The fourth-order valence-corrected chi connectivity index (χ4v) is 4.98. The molecule has 0 amide bonds. The lowest BCUT2D eigenvalue weighted by Gasteiger charge is -2.29. The SMILES string of the molecule is O=S(=O)(Nc1ccc(N2CCc3ccccc3C2)nc1)c1cccs1. The second-order valence-corrected chi connectivity index (χ2v) is 8.74. The van der Waals surface area contributed by atoms with E-state index in [0.29, 0.717) is 9.90 Å². The minimum atomic E-state index is -3.53. The number of aromatic nitrogens is 1. The number of pyridine rings is 1. The van der Waals surface area contributed by atoms with E-state index in [0.717, 1.165) is 25.3 Å². The molecule has 0 bridgehead atoms. The van der Waals surface area contributed by atoms with Crippen molar-refractivity contribution >= 4 is 32.9 Å². The van der Waals surface area contributed by atoms with Crippen molar-refractivity contribution < 1.29 is 8.42 Å². The molecule has 1 N–H and O–H groups in total. The molecule has 0 radical (unpaired) electrons. The first-order valence-electron chi connectivity index (χ1n) is 7.96. The van der Waals surface area contributed by atoms with E-state index in [4.69, 9.17) is 0 Å². The summed E-state index contributed by atoms with van der Waals surface area (Å²) in [4.78, 5) is 6.65. The summed E-state index contributed by atoms with van der Waals surface area (Å²) in [5.41, 5.74) is 3.17. The molecule has 4 rings (SSSR count). The van der Waals surface area contributed by atoms with E-state index in [1.807, 2.05) is 6.07 Å². The van der Waals surface area contributed by atoms with Gasteiger partial charge in [-0.1, -0.05) is 30.3 Å². The third-order valence-electron chi connectivity index (χ3n) is 4.21. The molecule has 3 heterocycles. The van der Waals surface area contributed by atoms with Crippen LogP contribution in [0.1, 0.15) is 11.1 Å². The maximum absolute atomic E-state index is 12.2. The van der Waals surface area contributed by atoms with Gasteiger partial charge in [-0.25, -0.2) is 13.4 Å². The van der Waals surface area contributed by atoms with Crippen molar-refractivity contribution in [3.63, 3.8) is 0 Å². The van der Waals surface area contributed by atoms with Gasteiger partial charge in [0.05, 0.1) is 11.9 Å². The molecule has 3 aromatic rings. The molecule has 5 nitrogen and oxygen atoms in total. The Bertz CT molecular complexity index is 968. The van der Waals surface area contributed by atoms with E-state index in [1.54, 1.807) is 29.8 Å². The van der Waals surface area contributed by atoms with Gasteiger partial charge < -0.3 is 4.90 Å². The first-order valence-corrected chi connectivity index (χ1v) is 10.3. The molecule has 1 aromatic carbocycles. The molecule has 0 fully saturated rings. The first kappa shape index (κ1) is 16.1. The number of benzene rings is 1. The number of thiophene rings is 1. The van der Waals surface area contributed by atoms with E-state index >= 15 is 0 Å². The zero-order chi connectivity index (χ0) is 17.3. The largest absolute Gasteiger partial charge is 0.352 e. The predicted molar refractivity (Wildman–Crippen MR) is 101 cm³/mol. The maximum Gasteiger partial charge on any atom is 0.271 e. The van der Waals surface area contributed by atoms with Crippen LogP contribution < -0.4 is 9.62 Å². The Labute approximate surface area is 151 Å². The number of hydrogen-bond acceptors (Lipinski definition) is 5. The van der Waals surface area contributed by atoms with Crippen LogP contribution in [-0.2, 0) is 23.0 Å². The van der Waals surface area contributed by atoms with Gasteiger partial charge in [-0.05, 0) is 41.1 Å². The van der Waals surface area contributed by atoms with E-state index in [-0.39, 0.29) is 0 Å². The van der Waals surface area contributed by atoms with Gasteiger partial charge in [0, 0.05) is 13.1 Å². The lowest BCUT2D eigenvalue weighted by atomic mass is 10.00. The average Bonchev–Trinajstić information content (AvgIpc) is 3.17. The molecule has 25 heavy (non-hydrogen) atoms. The molecule has 0 unspecified atom stereocenters. The minimum absolute atomic E-state index is 0.296. The van der Waals surface area contributed by atoms with E-state index < -0.39 is 10.0 Å². The third-order valence-corrected chi connectivity index (χ3v) is 6.99. The van der Waals surface area contributed by atoms with Gasteiger partial charge in [-0.15, -0.1) is 11.3 Å². The third kappa shape index (κ3) is 3.38. The van der Waals surface area contributed by atoms with E-state index in [9.17, 15) is 8.42 Å². The van der Waals surface area contributed by atoms with Gasteiger partial charge in [0.2, 0.25) is 0 Å². The highest BCUT2D eigenvalue weighted by molar-refractivity contribution is 7.94. The maximum atomic E-state index is 12.2. The summed E-state index contributed by atoms with van der Waals surface area (Å²) in [6.07, 6.45) is 2.56. The molecule has 128 valence electrons. The highest BCUT2D eigenvalue weighted by atomic mass is 32.2. The lowest BCUT2D eigenvalue weighted by Crippen LogP contribution is -2.30. The van der Waals surface area contributed by atoms with Gasteiger partial charge in [-0.3, -0.25) is 4.72 Å². The Morgan fingerprint density at radius 1 is 1.04 bits per heavy atom. The molecular formula is C18H17N3O2S2. The van der Waals surface area contributed by atoms with Gasteiger partial charge in [0.25, 0.3) is 10.0 Å². The molecule has 2 aromatic heterocycles. The molecule has 1 aliphatic rings. The first-order chi connectivity index (χ1) is 12.1. The van der Waals surface area contributed by atoms with Crippen molar-refractivity contribution in [1.82, 2.24) is 4.98 Å². The quantitative estimate of drug-likeness (QED) is 0.762. The van der Waals surface area contributed by atoms with E-state index in [2.05, 4.69) is 38.9 Å². The Morgan fingerprint density at radius 2 is 1.88 bits per heavy atom. The monoisotopic (exact) mass is 371 g/mol.